The van der Waals surface area contributed by atoms with Crippen molar-refractivity contribution in [1.29, 1.82) is 0 Å². The molecule has 2 nitrogen and oxygen atoms in total. The highest BCUT2D eigenvalue weighted by atomic mass is 35.5. The molecule has 2 fully saturated rings. The molecular weight excluding hydrogens is 287 g/mol. The van der Waals surface area contributed by atoms with Crippen molar-refractivity contribution >= 4 is 17.3 Å². The summed E-state index contributed by atoms with van der Waals surface area (Å²) in [6, 6.07) is 6.42. The summed E-state index contributed by atoms with van der Waals surface area (Å²) < 4.78 is 14.3. The minimum absolute atomic E-state index is 0.181. The summed E-state index contributed by atoms with van der Waals surface area (Å²) in [5.74, 6) is -0.181. The van der Waals surface area contributed by atoms with Crippen molar-refractivity contribution < 1.29 is 4.39 Å². The number of halogens is 2. The van der Waals surface area contributed by atoms with Gasteiger partial charge in [-0.05, 0) is 57.2 Å². The van der Waals surface area contributed by atoms with Crippen LogP contribution in [0.2, 0.25) is 5.02 Å². The highest BCUT2D eigenvalue weighted by Gasteiger charge is 2.39. The van der Waals surface area contributed by atoms with Crippen molar-refractivity contribution in [2.45, 2.75) is 63.6 Å². The molecule has 3 rings (SSSR count). The number of rotatable bonds is 4. The van der Waals surface area contributed by atoms with E-state index in [1.165, 1.54) is 12.5 Å². The molecule has 0 radical (unpaired) electrons. The Kier molecular flexibility index (Phi) is 4.70. The first-order valence-corrected chi connectivity index (χ1v) is 8.54. The van der Waals surface area contributed by atoms with E-state index in [2.05, 4.69) is 17.1 Å². The fraction of sp³-hybridized carbons (Fsp3) is 0.647. The predicted octanol–water partition coefficient (Wildman–Crippen LogP) is 4.37. The zero-order chi connectivity index (χ0) is 14.8. The molecule has 0 aliphatic carbocycles. The van der Waals surface area contributed by atoms with E-state index in [1.54, 1.807) is 12.1 Å². The molecule has 2 heterocycles. The molecule has 1 aromatic rings. The Morgan fingerprint density at radius 2 is 2.00 bits per heavy atom. The SMILES string of the molecule is CCCNC1CC2CCCC(C1)N2c1c(F)cccc1Cl. The molecule has 0 aromatic heterocycles. The molecule has 0 saturated carbocycles. The first-order chi connectivity index (χ1) is 10.2. The third-order valence-electron chi connectivity index (χ3n) is 4.85. The number of para-hydroxylation sites is 1. The lowest BCUT2D eigenvalue weighted by atomic mass is 9.81. The van der Waals surface area contributed by atoms with Gasteiger partial charge in [0.05, 0.1) is 10.7 Å². The Bertz CT molecular complexity index is 459. The summed E-state index contributed by atoms with van der Waals surface area (Å²) in [4.78, 5) is 2.28. The topological polar surface area (TPSA) is 15.3 Å². The van der Waals surface area contributed by atoms with Gasteiger partial charge >= 0.3 is 0 Å². The maximum absolute atomic E-state index is 14.3. The lowest BCUT2D eigenvalue weighted by Gasteiger charge is -2.50. The second-order valence-corrected chi connectivity index (χ2v) is 6.75. The van der Waals surface area contributed by atoms with E-state index in [9.17, 15) is 4.39 Å². The molecule has 1 N–H and O–H groups in total. The molecule has 0 amide bonds. The van der Waals surface area contributed by atoms with Crippen molar-refractivity contribution in [3.63, 3.8) is 0 Å². The molecule has 2 aliphatic heterocycles. The molecule has 21 heavy (non-hydrogen) atoms. The monoisotopic (exact) mass is 310 g/mol. The molecule has 4 heteroatoms. The van der Waals surface area contributed by atoms with Crippen LogP contribution in [-0.2, 0) is 0 Å². The van der Waals surface area contributed by atoms with Crippen molar-refractivity contribution in [3.05, 3.63) is 29.0 Å². The largest absolute Gasteiger partial charge is 0.362 e. The molecule has 2 aliphatic rings. The molecule has 2 atom stereocenters. The number of piperidine rings is 2. The van der Waals surface area contributed by atoms with Gasteiger partial charge in [-0.2, -0.15) is 0 Å². The second kappa shape index (κ2) is 6.53. The third kappa shape index (κ3) is 3.04. The van der Waals surface area contributed by atoms with Gasteiger partial charge in [-0.25, -0.2) is 4.39 Å². The van der Waals surface area contributed by atoms with Gasteiger partial charge in [0.15, 0.2) is 0 Å². The fourth-order valence-corrected chi connectivity index (χ4v) is 4.26. The van der Waals surface area contributed by atoms with Crippen LogP contribution in [0.15, 0.2) is 18.2 Å². The van der Waals surface area contributed by atoms with E-state index in [0.717, 1.165) is 38.6 Å². The number of benzene rings is 1. The van der Waals surface area contributed by atoms with Crippen LogP contribution in [0.4, 0.5) is 10.1 Å². The van der Waals surface area contributed by atoms with E-state index >= 15 is 0 Å². The van der Waals surface area contributed by atoms with Crippen LogP contribution in [0.25, 0.3) is 0 Å². The lowest BCUT2D eigenvalue weighted by Crippen LogP contribution is -2.57. The summed E-state index contributed by atoms with van der Waals surface area (Å²) in [5, 5.41) is 4.20. The number of hydrogen-bond donors (Lipinski definition) is 1. The Hall–Kier alpha value is -0.800. The molecule has 0 spiro atoms. The van der Waals surface area contributed by atoms with E-state index < -0.39 is 0 Å². The first kappa shape index (κ1) is 15.1. The zero-order valence-electron chi connectivity index (χ0n) is 12.6. The first-order valence-electron chi connectivity index (χ1n) is 8.16. The number of nitrogens with one attached hydrogen (secondary N) is 1. The van der Waals surface area contributed by atoms with Gasteiger partial charge in [0.2, 0.25) is 0 Å². The smallest absolute Gasteiger partial charge is 0.148 e. The quantitative estimate of drug-likeness (QED) is 0.888. The third-order valence-corrected chi connectivity index (χ3v) is 5.16. The van der Waals surface area contributed by atoms with Crippen LogP contribution < -0.4 is 10.2 Å². The second-order valence-electron chi connectivity index (χ2n) is 6.34. The van der Waals surface area contributed by atoms with Crippen molar-refractivity contribution in [2.24, 2.45) is 0 Å². The summed E-state index contributed by atoms with van der Waals surface area (Å²) >= 11 is 6.30. The molecular formula is C17H24ClFN2. The van der Waals surface area contributed by atoms with Crippen LogP contribution in [0.5, 0.6) is 0 Å². The van der Waals surface area contributed by atoms with Crippen LogP contribution in [-0.4, -0.2) is 24.7 Å². The van der Waals surface area contributed by atoms with Gasteiger partial charge in [-0.3, -0.25) is 0 Å². The lowest BCUT2D eigenvalue weighted by molar-refractivity contribution is 0.244. The molecule has 2 saturated heterocycles. The molecule has 116 valence electrons. The standard InChI is InChI=1S/C17H24ClFN2/c1-2-9-20-12-10-13-5-3-6-14(11-12)21(13)17-15(18)7-4-8-16(17)19/h4,7-8,12-14,20H,2-3,5-6,9-11H2,1H3. The highest BCUT2D eigenvalue weighted by molar-refractivity contribution is 6.33. The average molecular weight is 311 g/mol. The van der Waals surface area contributed by atoms with Crippen LogP contribution in [0, 0.1) is 5.82 Å². The highest BCUT2D eigenvalue weighted by Crippen LogP contribution is 2.41. The molecule has 2 unspecified atom stereocenters. The van der Waals surface area contributed by atoms with Gasteiger partial charge < -0.3 is 10.2 Å². The van der Waals surface area contributed by atoms with E-state index in [4.69, 9.17) is 11.6 Å². The van der Waals surface area contributed by atoms with Gasteiger partial charge in [-0.1, -0.05) is 24.6 Å². The predicted molar refractivity (Wildman–Crippen MR) is 86.6 cm³/mol. The van der Waals surface area contributed by atoms with Crippen molar-refractivity contribution in [3.8, 4) is 0 Å². The van der Waals surface area contributed by atoms with Gasteiger partial charge in [-0.15, -0.1) is 0 Å². The minimum Gasteiger partial charge on any atom is -0.362 e. The molecule has 2 bridgehead atoms. The van der Waals surface area contributed by atoms with Gasteiger partial charge in [0.25, 0.3) is 0 Å². The van der Waals surface area contributed by atoms with Crippen LogP contribution >= 0.6 is 11.6 Å². The average Bonchev–Trinajstić information content (AvgIpc) is 2.45. The Balaban J connectivity index is 1.84. The Morgan fingerprint density at radius 3 is 2.62 bits per heavy atom. The Labute approximate surface area is 131 Å². The van der Waals surface area contributed by atoms with Crippen LogP contribution in [0.1, 0.15) is 45.4 Å². The zero-order valence-corrected chi connectivity index (χ0v) is 13.4. The van der Waals surface area contributed by atoms with Gasteiger partial charge in [0.1, 0.15) is 5.82 Å². The summed E-state index contributed by atoms with van der Waals surface area (Å²) in [6.07, 6.45) is 6.90. The number of anilines is 1. The maximum atomic E-state index is 14.3. The summed E-state index contributed by atoms with van der Waals surface area (Å²) in [6.45, 7) is 3.27. The van der Waals surface area contributed by atoms with E-state index in [1.807, 2.05) is 0 Å². The van der Waals surface area contributed by atoms with Crippen molar-refractivity contribution in [2.75, 3.05) is 11.4 Å². The normalized spacial score (nSPS) is 28.7. The van der Waals surface area contributed by atoms with Crippen LogP contribution in [0.3, 0.4) is 0 Å². The summed E-state index contributed by atoms with van der Waals surface area (Å²) in [7, 11) is 0. The maximum Gasteiger partial charge on any atom is 0.148 e. The number of fused-ring (bicyclic) bond motifs is 2. The van der Waals surface area contributed by atoms with E-state index in [-0.39, 0.29) is 5.82 Å². The number of hydrogen-bond acceptors (Lipinski definition) is 2. The number of nitrogens with zero attached hydrogens (tertiary/aromatic N) is 1. The van der Waals surface area contributed by atoms with E-state index in [0.29, 0.717) is 28.8 Å². The summed E-state index contributed by atoms with van der Waals surface area (Å²) in [5.41, 5.74) is 0.628. The molecule has 1 aromatic carbocycles. The minimum atomic E-state index is -0.181. The Morgan fingerprint density at radius 1 is 1.29 bits per heavy atom. The van der Waals surface area contributed by atoms with Gasteiger partial charge in [0, 0.05) is 18.1 Å². The fourth-order valence-electron chi connectivity index (χ4n) is 4.00. The van der Waals surface area contributed by atoms with Crippen molar-refractivity contribution in [1.82, 2.24) is 5.32 Å².